The van der Waals surface area contributed by atoms with Crippen molar-refractivity contribution in [2.75, 3.05) is 7.11 Å². The minimum Gasteiger partial charge on any atom is -0.497 e. The lowest BCUT2D eigenvalue weighted by Gasteiger charge is -2.35. The first kappa shape index (κ1) is 15.5. The van der Waals surface area contributed by atoms with E-state index in [0.717, 1.165) is 5.56 Å². The van der Waals surface area contributed by atoms with Gasteiger partial charge in [0.2, 0.25) is 12.3 Å². The molecule has 1 unspecified atom stereocenters. The quantitative estimate of drug-likeness (QED) is 0.820. The van der Waals surface area contributed by atoms with Gasteiger partial charge in [-0.1, -0.05) is 18.2 Å². The molecular formula is C18H17F2NO2. The molecule has 23 heavy (non-hydrogen) atoms. The number of para-hydroxylation sites is 1. The SMILES string of the molecule is COc1ccc(C2=Nc3ccccc3C(C)(CC(F)F)O2)cc1. The molecule has 2 aromatic rings. The Hall–Kier alpha value is -2.43. The van der Waals surface area contributed by atoms with Crippen molar-refractivity contribution in [1.29, 1.82) is 0 Å². The molecule has 0 N–H and O–H groups in total. The lowest BCUT2D eigenvalue weighted by atomic mass is 9.89. The summed E-state index contributed by atoms with van der Waals surface area (Å²) in [6, 6.07) is 14.4. The number of ether oxygens (including phenoxy) is 2. The van der Waals surface area contributed by atoms with Gasteiger partial charge < -0.3 is 9.47 Å². The predicted octanol–water partition coefficient (Wildman–Crippen LogP) is 4.67. The zero-order chi connectivity index (χ0) is 16.4. The molecule has 0 saturated carbocycles. The zero-order valence-corrected chi connectivity index (χ0v) is 12.9. The van der Waals surface area contributed by atoms with Gasteiger partial charge in [-0.3, -0.25) is 0 Å². The standard InChI is InChI=1S/C18H17F2NO2/c1-18(11-16(19)20)14-5-3-4-6-15(14)21-17(23-18)12-7-9-13(22-2)10-8-12/h3-10,16H,11H2,1-2H3. The molecular weight excluding hydrogens is 300 g/mol. The number of hydrogen-bond donors (Lipinski definition) is 0. The van der Waals surface area contributed by atoms with Gasteiger partial charge in [0.15, 0.2) is 0 Å². The van der Waals surface area contributed by atoms with Crippen LogP contribution in [0, 0.1) is 0 Å². The maximum atomic E-state index is 13.1. The second kappa shape index (κ2) is 5.99. The minimum absolute atomic E-state index is 0.342. The van der Waals surface area contributed by atoms with Crippen molar-refractivity contribution in [3.8, 4) is 5.75 Å². The molecule has 0 bridgehead atoms. The first-order chi connectivity index (χ1) is 11.0. The molecule has 0 aromatic heterocycles. The molecule has 0 fully saturated rings. The smallest absolute Gasteiger partial charge is 0.242 e. The number of methoxy groups -OCH3 is 1. The van der Waals surface area contributed by atoms with Gasteiger partial charge in [-0.15, -0.1) is 0 Å². The van der Waals surface area contributed by atoms with Crippen LogP contribution in [0.15, 0.2) is 53.5 Å². The van der Waals surface area contributed by atoms with Crippen molar-refractivity contribution < 1.29 is 18.3 Å². The van der Waals surface area contributed by atoms with Gasteiger partial charge in [0, 0.05) is 11.1 Å². The number of halogens is 2. The Kier molecular flexibility index (Phi) is 4.03. The fourth-order valence-corrected chi connectivity index (χ4v) is 2.72. The van der Waals surface area contributed by atoms with E-state index in [1.54, 1.807) is 50.4 Å². The summed E-state index contributed by atoms with van der Waals surface area (Å²) in [4.78, 5) is 4.48. The third-order valence-corrected chi connectivity index (χ3v) is 3.90. The third kappa shape index (κ3) is 3.04. The van der Waals surface area contributed by atoms with Gasteiger partial charge in [0.05, 0.1) is 19.2 Å². The average Bonchev–Trinajstić information content (AvgIpc) is 2.54. The van der Waals surface area contributed by atoms with Crippen LogP contribution >= 0.6 is 0 Å². The van der Waals surface area contributed by atoms with Gasteiger partial charge in [-0.05, 0) is 37.3 Å². The Balaban J connectivity index is 2.04. The van der Waals surface area contributed by atoms with Crippen molar-refractivity contribution in [3.05, 3.63) is 59.7 Å². The monoisotopic (exact) mass is 317 g/mol. The summed E-state index contributed by atoms with van der Waals surface area (Å²) in [5.74, 6) is 1.05. The fraction of sp³-hybridized carbons (Fsp3) is 0.278. The molecule has 3 nitrogen and oxygen atoms in total. The van der Waals surface area contributed by atoms with Crippen LogP contribution in [0.5, 0.6) is 5.75 Å². The topological polar surface area (TPSA) is 30.8 Å². The van der Waals surface area contributed by atoms with E-state index < -0.39 is 12.0 Å². The Bertz CT molecular complexity index is 728. The van der Waals surface area contributed by atoms with Crippen molar-refractivity contribution >= 4 is 11.6 Å². The highest BCUT2D eigenvalue weighted by Gasteiger charge is 2.38. The van der Waals surface area contributed by atoms with Gasteiger partial charge >= 0.3 is 0 Å². The van der Waals surface area contributed by atoms with E-state index in [1.807, 2.05) is 12.1 Å². The Labute approximate surface area is 133 Å². The average molecular weight is 317 g/mol. The van der Waals surface area contributed by atoms with Crippen LogP contribution in [0.1, 0.15) is 24.5 Å². The molecule has 0 amide bonds. The molecule has 0 radical (unpaired) electrons. The zero-order valence-electron chi connectivity index (χ0n) is 12.9. The molecule has 1 aliphatic heterocycles. The summed E-state index contributed by atoms with van der Waals surface area (Å²) in [5.41, 5.74) is 0.952. The maximum Gasteiger partial charge on any atom is 0.242 e. The third-order valence-electron chi connectivity index (χ3n) is 3.90. The van der Waals surface area contributed by atoms with E-state index in [0.29, 0.717) is 22.9 Å². The molecule has 3 rings (SSSR count). The highest BCUT2D eigenvalue weighted by atomic mass is 19.3. The molecule has 0 aliphatic carbocycles. The summed E-state index contributed by atoms with van der Waals surface area (Å²) < 4.78 is 37.1. The molecule has 120 valence electrons. The molecule has 5 heteroatoms. The lowest BCUT2D eigenvalue weighted by Crippen LogP contribution is -2.34. The van der Waals surface area contributed by atoms with E-state index in [1.165, 1.54) is 0 Å². The highest BCUT2D eigenvalue weighted by molar-refractivity contribution is 5.97. The number of fused-ring (bicyclic) bond motifs is 1. The first-order valence-corrected chi connectivity index (χ1v) is 7.31. The van der Waals surface area contributed by atoms with E-state index in [-0.39, 0.29) is 6.42 Å². The maximum absolute atomic E-state index is 13.1. The van der Waals surface area contributed by atoms with E-state index >= 15 is 0 Å². The normalized spacial score (nSPS) is 19.8. The van der Waals surface area contributed by atoms with Crippen LogP contribution in [0.4, 0.5) is 14.5 Å². The van der Waals surface area contributed by atoms with Crippen LogP contribution in [-0.2, 0) is 10.3 Å². The second-order valence-corrected chi connectivity index (χ2v) is 5.59. The van der Waals surface area contributed by atoms with Crippen molar-refractivity contribution in [3.63, 3.8) is 0 Å². The molecule has 1 atom stereocenters. The van der Waals surface area contributed by atoms with Crippen molar-refractivity contribution in [2.45, 2.75) is 25.4 Å². The largest absolute Gasteiger partial charge is 0.497 e. The molecule has 1 heterocycles. The molecule has 0 saturated heterocycles. The van der Waals surface area contributed by atoms with Crippen LogP contribution < -0.4 is 4.74 Å². The second-order valence-electron chi connectivity index (χ2n) is 5.59. The summed E-state index contributed by atoms with van der Waals surface area (Å²) in [7, 11) is 1.58. The van der Waals surface area contributed by atoms with Crippen molar-refractivity contribution in [1.82, 2.24) is 0 Å². The van der Waals surface area contributed by atoms with E-state index in [4.69, 9.17) is 9.47 Å². The fourth-order valence-electron chi connectivity index (χ4n) is 2.72. The summed E-state index contributed by atoms with van der Waals surface area (Å²) >= 11 is 0. The summed E-state index contributed by atoms with van der Waals surface area (Å²) in [6.45, 7) is 1.68. The molecule has 0 spiro atoms. The molecule has 1 aliphatic rings. The molecule has 2 aromatic carbocycles. The number of aliphatic imine (C=N–C) groups is 1. The highest BCUT2D eigenvalue weighted by Crippen LogP contribution is 2.42. The number of hydrogen-bond acceptors (Lipinski definition) is 3. The van der Waals surface area contributed by atoms with Gasteiger partial charge in [-0.2, -0.15) is 0 Å². The predicted molar refractivity (Wildman–Crippen MR) is 84.7 cm³/mol. The van der Waals surface area contributed by atoms with Crippen LogP contribution in [-0.4, -0.2) is 19.4 Å². The van der Waals surface area contributed by atoms with Gasteiger partial charge in [-0.25, -0.2) is 13.8 Å². The van der Waals surface area contributed by atoms with E-state index in [9.17, 15) is 8.78 Å². The minimum atomic E-state index is -2.47. The van der Waals surface area contributed by atoms with Crippen LogP contribution in [0.3, 0.4) is 0 Å². The number of rotatable bonds is 4. The Morgan fingerprint density at radius 2 is 1.83 bits per heavy atom. The summed E-state index contributed by atoms with van der Waals surface area (Å²) in [6.07, 6.45) is -2.86. The van der Waals surface area contributed by atoms with Crippen LogP contribution in [0.2, 0.25) is 0 Å². The number of nitrogens with zero attached hydrogens (tertiary/aromatic N) is 1. The first-order valence-electron chi connectivity index (χ1n) is 7.31. The van der Waals surface area contributed by atoms with Gasteiger partial charge in [0.1, 0.15) is 11.4 Å². The van der Waals surface area contributed by atoms with Crippen molar-refractivity contribution in [2.24, 2.45) is 4.99 Å². The Morgan fingerprint density at radius 1 is 1.13 bits per heavy atom. The number of benzene rings is 2. The van der Waals surface area contributed by atoms with E-state index in [2.05, 4.69) is 4.99 Å². The van der Waals surface area contributed by atoms with Crippen LogP contribution in [0.25, 0.3) is 0 Å². The van der Waals surface area contributed by atoms with Gasteiger partial charge in [0.25, 0.3) is 0 Å². The lowest BCUT2D eigenvalue weighted by molar-refractivity contribution is -0.00313. The summed E-state index contributed by atoms with van der Waals surface area (Å²) in [5, 5.41) is 0. The number of alkyl halides is 2. The Morgan fingerprint density at radius 3 is 2.48 bits per heavy atom.